The van der Waals surface area contributed by atoms with Crippen LogP contribution >= 0.6 is 0 Å². The number of nitrogens with zero attached hydrogens (tertiary/aromatic N) is 2. The van der Waals surface area contributed by atoms with Crippen molar-refractivity contribution in [3.8, 4) is 6.07 Å². The predicted molar refractivity (Wildman–Crippen MR) is 136 cm³/mol. The fourth-order valence-electron chi connectivity index (χ4n) is 5.57. The molecule has 3 atom stereocenters. The van der Waals surface area contributed by atoms with Crippen molar-refractivity contribution in [1.29, 1.82) is 5.26 Å². The van der Waals surface area contributed by atoms with Gasteiger partial charge in [0.2, 0.25) is 11.8 Å². The van der Waals surface area contributed by atoms with E-state index >= 15 is 0 Å². The van der Waals surface area contributed by atoms with Gasteiger partial charge in [0, 0.05) is 29.6 Å². The van der Waals surface area contributed by atoms with Gasteiger partial charge in [0.05, 0.1) is 11.5 Å². The van der Waals surface area contributed by atoms with Gasteiger partial charge < -0.3 is 20.5 Å². The van der Waals surface area contributed by atoms with Crippen molar-refractivity contribution >= 4 is 34.3 Å². The summed E-state index contributed by atoms with van der Waals surface area (Å²) in [5.41, 5.74) is 2.04. The molecule has 0 radical (unpaired) electrons. The average molecular weight is 502 g/mol. The molecule has 37 heavy (non-hydrogen) atoms. The number of H-pyrrole nitrogens is 1. The number of benzene rings is 2. The maximum atomic E-state index is 14.1. The van der Waals surface area contributed by atoms with Crippen LogP contribution in [0.15, 0.2) is 42.5 Å². The Hall–Kier alpha value is -4.19. The molecule has 0 saturated carbocycles. The molecule has 2 aliphatic rings. The number of rotatable bonds is 5. The Kier molecular flexibility index (Phi) is 5.98. The topological polar surface area (TPSA) is 118 Å². The lowest BCUT2D eigenvalue weighted by Gasteiger charge is -2.28. The van der Waals surface area contributed by atoms with E-state index in [9.17, 15) is 24.0 Å². The molecular formula is C28H28FN5O3. The number of carbonyl (C=O) groups excluding carboxylic acids is 3. The zero-order chi connectivity index (χ0) is 26.5. The van der Waals surface area contributed by atoms with Gasteiger partial charge in [0.15, 0.2) is 0 Å². The van der Waals surface area contributed by atoms with Crippen LogP contribution in [0.2, 0.25) is 0 Å². The van der Waals surface area contributed by atoms with Gasteiger partial charge in [-0.3, -0.25) is 14.4 Å². The Morgan fingerprint density at radius 2 is 2.03 bits per heavy atom. The van der Waals surface area contributed by atoms with E-state index in [1.807, 2.05) is 39.0 Å². The number of anilines is 1. The molecule has 0 bridgehead atoms. The van der Waals surface area contributed by atoms with Crippen LogP contribution in [0, 0.1) is 30.0 Å². The van der Waals surface area contributed by atoms with E-state index in [1.54, 1.807) is 12.1 Å². The Morgan fingerprint density at radius 1 is 1.27 bits per heavy atom. The molecule has 1 saturated heterocycles. The molecule has 8 nitrogen and oxygen atoms in total. The van der Waals surface area contributed by atoms with E-state index in [2.05, 4.69) is 21.7 Å². The number of aryl methyl sites for hydroxylation is 1. The second kappa shape index (κ2) is 9.04. The van der Waals surface area contributed by atoms with Crippen molar-refractivity contribution in [2.24, 2.45) is 5.92 Å². The second-order valence-electron chi connectivity index (χ2n) is 10.4. The molecule has 0 unspecified atom stereocenters. The predicted octanol–water partition coefficient (Wildman–Crippen LogP) is 3.77. The minimum Gasteiger partial charge on any atom is -0.350 e. The zero-order valence-corrected chi connectivity index (χ0v) is 20.9. The van der Waals surface area contributed by atoms with Crippen LogP contribution in [0.5, 0.6) is 0 Å². The lowest BCUT2D eigenvalue weighted by atomic mass is 9.79. The molecular weight excluding hydrogens is 473 g/mol. The smallest absolute Gasteiger partial charge is 0.268 e. The van der Waals surface area contributed by atoms with Crippen molar-refractivity contribution in [1.82, 2.24) is 15.2 Å². The lowest BCUT2D eigenvalue weighted by molar-refractivity contribution is -0.134. The van der Waals surface area contributed by atoms with E-state index in [-0.39, 0.29) is 35.9 Å². The molecule has 1 fully saturated rings. The third-order valence-electron chi connectivity index (χ3n) is 7.42. The Labute approximate surface area is 213 Å². The van der Waals surface area contributed by atoms with E-state index < -0.39 is 35.1 Å². The van der Waals surface area contributed by atoms with Crippen molar-refractivity contribution in [3.05, 3.63) is 65.1 Å². The number of likely N-dealkylation sites (tertiary alicyclic amines) is 1. The van der Waals surface area contributed by atoms with Gasteiger partial charge in [-0.2, -0.15) is 5.26 Å². The summed E-state index contributed by atoms with van der Waals surface area (Å²) in [6, 6.07) is 12.0. The highest BCUT2D eigenvalue weighted by molar-refractivity contribution is 6.08. The van der Waals surface area contributed by atoms with Gasteiger partial charge >= 0.3 is 0 Å². The van der Waals surface area contributed by atoms with Crippen LogP contribution in [0.25, 0.3) is 10.9 Å². The van der Waals surface area contributed by atoms with E-state index in [0.29, 0.717) is 11.9 Å². The summed E-state index contributed by atoms with van der Waals surface area (Å²) >= 11 is 0. The maximum absolute atomic E-state index is 14.1. The Morgan fingerprint density at radius 3 is 2.73 bits per heavy atom. The van der Waals surface area contributed by atoms with Crippen LogP contribution in [0.3, 0.4) is 0 Å². The van der Waals surface area contributed by atoms with Gasteiger partial charge in [0.1, 0.15) is 23.6 Å². The molecule has 3 heterocycles. The highest BCUT2D eigenvalue weighted by Gasteiger charge is 2.56. The second-order valence-corrected chi connectivity index (χ2v) is 10.4. The summed E-state index contributed by atoms with van der Waals surface area (Å²) in [6.07, 6.45) is 0.518. The number of fused-ring (bicyclic) bond motifs is 3. The fourth-order valence-corrected chi connectivity index (χ4v) is 5.57. The average Bonchev–Trinajstić information content (AvgIpc) is 3.54. The number of carbonyl (C=O) groups is 3. The minimum atomic E-state index is -1.02. The zero-order valence-electron chi connectivity index (χ0n) is 20.9. The highest BCUT2D eigenvalue weighted by atomic mass is 19.1. The van der Waals surface area contributed by atoms with Crippen LogP contribution in [-0.4, -0.2) is 46.2 Å². The number of aromatic nitrogens is 1. The molecule has 0 aliphatic carbocycles. The first-order valence-corrected chi connectivity index (χ1v) is 12.3. The van der Waals surface area contributed by atoms with E-state index in [1.165, 1.54) is 17.0 Å². The lowest BCUT2D eigenvalue weighted by Crippen LogP contribution is -2.51. The molecule has 5 rings (SSSR count). The number of para-hydroxylation sites is 1. The van der Waals surface area contributed by atoms with E-state index in [0.717, 1.165) is 16.8 Å². The number of halogens is 1. The van der Waals surface area contributed by atoms with Crippen LogP contribution in [0.1, 0.15) is 48.3 Å². The Balaban J connectivity index is 1.43. The molecule has 3 N–H and O–H groups in total. The van der Waals surface area contributed by atoms with Crippen LogP contribution in [0.4, 0.5) is 10.1 Å². The van der Waals surface area contributed by atoms with Gasteiger partial charge in [0.25, 0.3) is 5.91 Å². The summed E-state index contributed by atoms with van der Waals surface area (Å²) in [5.74, 6) is -1.58. The maximum Gasteiger partial charge on any atom is 0.268 e. The van der Waals surface area contributed by atoms with Crippen molar-refractivity contribution in [2.45, 2.75) is 51.1 Å². The first kappa shape index (κ1) is 24.5. The molecule has 2 aromatic carbocycles. The van der Waals surface area contributed by atoms with Crippen molar-refractivity contribution in [3.63, 3.8) is 0 Å². The van der Waals surface area contributed by atoms with Crippen LogP contribution < -0.4 is 10.6 Å². The van der Waals surface area contributed by atoms with Gasteiger partial charge in [-0.15, -0.1) is 0 Å². The molecule has 1 aromatic heterocycles. The van der Waals surface area contributed by atoms with E-state index in [4.69, 9.17) is 0 Å². The number of hydrogen-bond acceptors (Lipinski definition) is 4. The van der Waals surface area contributed by atoms with Gasteiger partial charge in [-0.25, -0.2) is 4.39 Å². The molecule has 190 valence electrons. The summed E-state index contributed by atoms with van der Waals surface area (Å²) in [4.78, 5) is 44.5. The normalized spacial score (nSPS) is 21.2. The van der Waals surface area contributed by atoms with Crippen molar-refractivity contribution < 1.29 is 18.8 Å². The van der Waals surface area contributed by atoms with Crippen molar-refractivity contribution in [2.75, 3.05) is 11.9 Å². The number of nitriles is 1. The Bertz CT molecular complexity index is 1470. The minimum absolute atomic E-state index is 0.0500. The van der Waals surface area contributed by atoms with Crippen LogP contribution in [-0.2, 0) is 15.0 Å². The third-order valence-corrected chi connectivity index (χ3v) is 7.42. The quantitative estimate of drug-likeness (QED) is 0.493. The number of hydrogen-bond donors (Lipinski definition) is 3. The molecule has 1 spiro atoms. The van der Waals surface area contributed by atoms with Gasteiger partial charge in [-0.1, -0.05) is 38.1 Å². The summed E-state index contributed by atoms with van der Waals surface area (Å²) in [5, 5.41) is 16.0. The monoisotopic (exact) mass is 501 g/mol. The third kappa shape index (κ3) is 4.02. The molecule has 2 aliphatic heterocycles. The largest absolute Gasteiger partial charge is 0.350 e. The molecule has 9 heteroatoms. The first-order valence-electron chi connectivity index (χ1n) is 12.3. The summed E-state index contributed by atoms with van der Waals surface area (Å²) < 4.78 is 14.1. The standard InChI is InChI=1S/C28H28FN5O3/c1-15(2)10-23(32-25(35)22-11-18-20(29)8-5-9-21(18)31-22)26(36)34-14-28(12-17(34)13-30)19-7-4-6-16(3)24(19)33-27(28)37/h4-9,11,15,17,23,31H,10,12,14H2,1-3H3,(H,32,35)(H,33,37)/t17-,23-,28-/m0/s1. The SMILES string of the molecule is Cc1cccc2c1NC(=O)[C@]21C[C@@H](C#N)N(C(=O)[C@H](CC(C)C)NC(=O)c2cc3c(F)cccc3[nH]2)C1. The molecule has 3 amide bonds. The highest BCUT2D eigenvalue weighted by Crippen LogP contribution is 2.47. The first-order chi connectivity index (χ1) is 17.6. The fraction of sp³-hybridized carbons (Fsp3) is 0.357. The summed E-state index contributed by atoms with van der Waals surface area (Å²) in [7, 11) is 0. The summed E-state index contributed by atoms with van der Waals surface area (Å²) in [6.45, 7) is 5.82. The number of nitrogens with one attached hydrogen (secondary N) is 3. The van der Waals surface area contributed by atoms with Gasteiger partial charge in [-0.05, 0) is 48.6 Å². The number of aromatic amines is 1. The molecule has 3 aromatic rings. The number of amides is 3.